The molecule has 0 fully saturated rings. The highest BCUT2D eigenvalue weighted by atomic mass is 35.5. The summed E-state index contributed by atoms with van der Waals surface area (Å²) in [5, 5.41) is 5.68. The van der Waals surface area contributed by atoms with E-state index in [2.05, 4.69) is 10.6 Å². The van der Waals surface area contributed by atoms with Crippen molar-refractivity contribution in [2.45, 2.75) is 19.9 Å². The van der Waals surface area contributed by atoms with E-state index in [0.29, 0.717) is 18.1 Å². The standard InChI is InChI=1S/C12H15ClN2O2/c1-2-7-14-11(16)12(17)15-8-9-3-5-10(13)6-4-9/h3-6H,2,7-8H2,1H3,(H,14,16)(H,15,17). The predicted octanol–water partition coefficient (Wildman–Crippen LogP) is 1.48. The molecule has 0 aliphatic rings. The van der Waals surface area contributed by atoms with Crippen molar-refractivity contribution in [1.82, 2.24) is 10.6 Å². The molecule has 2 amide bonds. The van der Waals surface area contributed by atoms with E-state index in [1.165, 1.54) is 0 Å². The van der Waals surface area contributed by atoms with Gasteiger partial charge in [-0.1, -0.05) is 30.7 Å². The minimum Gasteiger partial charge on any atom is -0.348 e. The molecule has 92 valence electrons. The Morgan fingerprint density at radius 1 is 1.12 bits per heavy atom. The van der Waals surface area contributed by atoms with E-state index >= 15 is 0 Å². The van der Waals surface area contributed by atoms with Crippen LogP contribution in [0.15, 0.2) is 24.3 Å². The number of hydrogen-bond donors (Lipinski definition) is 2. The monoisotopic (exact) mass is 254 g/mol. The second-order valence-corrected chi connectivity index (χ2v) is 4.00. The molecule has 0 spiro atoms. The zero-order valence-corrected chi connectivity index (χ0v) is 10.4. The largest absolute Gasteiger partial charge is 0.348 e. The molecule has 0 bridgehead atoms. The van der Waals surface area contributed by atoms with Gasteiger partial charge in [0.15, 0.2) is 0 Å². The summed E-state index contributed by atoms with van der Waals surface area (Å²) < 4.78 is 0. The van der Waals surface area contributed by atoms with Crippen molar-refractivity contribution < 1.29 is 9.59 Å². The van der Waals surface area contributed by atoms with Gasteiger partial charge in [-0.05, 0) is 24.1 Å². The van der Waals surface area contributed by atoms with E-state index in [-0.39, 0.29) is 0 Å². The van der Waals surface area contributed by atoms with E-state index in [0.717, 1.165) is 12.0 Å². The van der Waals surface area contributed by atoms with Crippen LogP contribution in [0.3, 0.4) is 0 Å². The molecular formula is C12H15ClN2O2. The van der Waals surface area contributed by atoms with Gasteiger partial charge in [-0.25, -0.2) is 0 Å². The molecule has 0 saturated carbocycles. The average molecular weight is 255 g/mol. The smallest absolute Gasteiger partial charge is 0.309 e. The van der Waals surface area contributed by atoms with Crippen LogP contribution in [-0.2, 0) is 16.1 Å². The summed E-state index contributed by atoms with van der Waals surface area (Å²) in [4.78, 5) is 22.6. The molecule has 0 atom stereocenters. The lowest BCUT2D eigenvalue weighted by Gasteiger charge is -2.05. The molecule has 5 heteroatoms. The van der Waals surface area contributed by atoms with Crippen molar-refractivity contribution in [1.29, 1.82) is 0 Å². The zero-order chi connectivity index (χ0) is 12.7. The van der Waals surface area contributed by atoms with Crippen molar-refractivity contribution in [3.05, 3.63) is 34.9 Å². The molecule has 2 N–H and O–H groups in total. The van der Waals surface area contributed by atoms with Gasteiger partial charge in [0.05, 0.1) is 0 Å². The third-order valence-corrected chi connectivity index (χ3v) is 2.36. The van der Waals surface area contributed by atoms with Crippen LogP contribution in [0.4, 0.5) is 0 Å². The fourth-order valence-corrected chi connectivity index (χ4v) is 1.31. The number of carbonyl (C=O) groups is 2. The molecule has 1 rings (SSSR count). The zero-order valence-electron chi connectivity index (χ0n) is 9.63. The molecule has 0 heterocycles. The molecule has 0 aliphatic carbocycles. The van der Waals surface area contributed by atoms with Crippen LogP contribution in [0.5, 0.6) is 0 Å². The summed E-state index contributed by atoms with van der Waals surface area (Å²) in [6.07, 6.45) is 0.802. The topological polar surface area (TPSA) is 58.2 Å². The normalized spacial score (nSPS) is 9.76. The second kappa shape index (κ2) is 6.91. The highest BCUT2D eigenvalue weighted by Crippen LogP contribution is 2.08. The Kier molecular flexibility index (Phi) is 5.49. The van der Waals surface area contributed by atoms with Gasteiger partial charge in [0.1, 0.15) is 0 Å². The molecule has 1 aromatic rings. The molecule has 17 heavy (non-hydrogen) atoms. The van der Waals surface area contributed by atoms with E-state index in [9.17, 15) is 9.59 Å². The summed E-state index contributed by atoms with van der Waals surface area (Å²) in [5.41, 5.74) is 0.894. The maximum atomic E-state index is 11.3. The van der Waals surface area contributed by atoms with Crippen molar-refractivity contribution in [2.75, 3.05) is 6.54 Å². The lowest BCUT2D eigenvalue weighted by molar-refractivity contribution is -0.139. The maximum absolute atomic E-state index is 11.3. The Labute approximate surface area is 105 Å². The molecule has 4 nitrogen and oxygen atoms in total. The fourth-order valence-electron chi connectivity index (χ4n) is 1.18. The third-order valence-electron chi connectivity index (χ3n) is 2.11. The highest BCUT2D eigenvalue weighted by molar-refractivity contribution is 6.35. The van der Waals surface area contributed by atoms with Gasteiger partial charge in [0.25, 0.3) is 0 Å². The van der Waals surface area contributed by atoms with Gasteiger partial charge in [0.2, 0.25) is 0 Å². The SMILES string of the molecule is CCCNC(=O)C(=O)NCc1ccc(Cl)cc1. The number of benzene rings is 1. The third kappa shape index (κ3) is 4.87. The number of amides is 2. The first-order chi connectivity index (χ1) is 8.13. The van der Waals surface area contributed by atoms with Crippen LogP contribution in [0.2, 0.25) is 5.02 Å². The van der Waals surface area contributed by atoms with Crippen molar-refractivity contribution >= 4 is 23.4 Å². The Balaban J connectivity index is 2.37. The van der Waals surface area contributed by atoms with Crippen LogP contribution in [0.1, 0.15) is 18.9 Å². The van der Waals surface area contributed by atoms with Gasteiger partial charge in [-0.3, -0.25) is 9.59 Å². The summed E-state index contributed by atoms with van der Waals surface area (Å²) >= 11 is 5.73. The first-order valence-electron chi connectivity index (χ1n) is 5.44. The maximum Gasteiger partial charge on any atom is 0.309 e. The summed E-state index contributed by atoms with van der Waals surface area (Å²) in [5.74, 6) is -1.21. The summed E-state index contributed by atoms with van der Waals surface area (Å²) in [7, 11) is 0. The van der Waals surface area contributed by atoms with Gasteiger partial charge in [-0.15, -0.1) is 0 Å². The Bertz CT molecular complexity index is 390. The fraction of sp³-hybridized carbons (Fsp3) is 0.333. The predicted molar refractivity (Wildman–Crippen MR) is 66.6 cm³/mol. The van der Waals surface area contributed by atoms with E-state index < -0.39 is 11.8 Å². The number of carbonyl (C=O) groups excluding carboxylic acids is 2. The van der Waals surface area contributed by atoms with Crippen molar-refractivity contribution in [3.63, 3.8) is 0 Å². The lowest BCUT2D eigenvalue weighted by Crippen LogP contribution is -2.39. The molecule has 0 saturated heterocycles. The number of hydrogen-bond acceptors (Lipinski definition) is 2. The van der Waals surface area contributed by atoms with Gasteiger partial charge in [0, 0.05) is 18.1 Å². The number of halogens is 1. The Hall–Kier alpha value is -1.55. The lowest BCUT2D eigenvalue weighted by atomic mass is 10.2. The van der Waals surface area contributed by atoms with E-state index in [4.69, 9.17) is 11.6 Å². The van der Waals surface area contributed by atoms with Crippen LogP contribution >= 0.6 is 11.6 Å². The number of rotatable bonds is 4. The second-order valence-electron chi connectivity index (χ2n) is 3.57. The first kappa shape index (κ1) is 13.5. The summed E-state index contributed by atoms with van der Waals surface area (Å²) in [6, 6.07) is 7.07. The molecule has 0 radical (unpaired) electrons. The number of nitrogens with one attached hydrogen (secondary N) is 2. The van der Waals surface area contributed by atoms with Gasteiger partial charge in [-0.2, -0.15) is 0 Å². The van der Waals surface area contributed by atoms with Crippen LogP contribution < -0.4 is 10.6 Å². The van der Waals surface area contributed by atoms with Crippen LogP contribution in [0.25, 0.3) is 0 Å². The molecule has 0 aromatic heterocycles. The minimum absolute atomic E-state index is 0.315. The quantitative estimate of drug-likeness (QED) is 0.800. The Morgan fingerprint density at radius 3 is 2.29 bits per heavy atom. The average Bonchev–Trinajstić information content (AvgIpc) is 2.34. The first-order valence-corrected chi connectivity index (χ1v) is 5.81. The summed E-state index contributed by atoms with van der Waals surface area (Å²) in [6.45, 7) is 2.74. The highest BCUT2D eigenvalue weighted by Gasteiger charge is 2.11. The van der Waals surface area contributed by atoms with E-state index in [1.807, 2.05) is 6.92 Å². The van der Waals surface area contributed by atoms with Crippen LogP contribution in [0, 0.1) is 0 Å². The Morgan fingerprint density at radius 2 is 1.71 bits per heavy atom. The van der Waals surface area contributed by atoms with Gasteiger partial charge >= 0.3 is 11.8 Å². The van der Waals surface area contributed by atoms with Crippen molar-refractivity contribution in [3.8, 4) is 0 Å². The van der Waals surface area contributed by atoms with E-state index in [1.54, 1.807) is 24.3 Å². The van der Waals surface area contributed by atoms with Crippen LogP contribution in [-0.4, -0.2) is 18.4 Å². The molecule has 0 aliphatic heterocycles. The molecule has 0 unspecified atom stereocenters. The van der Waals surface area contributed by atoms with Gasteiger partial charge < -0.3 is 10.6 Å². The molecular weight excluding hydrogens is 240 g/mol. The minimum atomic E-state index is -0.617. The molecule has 1 aromatic carbocycles. The van der Waals surface area contributed by atoms with Crippen molar-refractivity contribution in [2.24, 2.45) is 0 Å².